The van der Waals surface area contributed by atoms with Gasteiger partial charge in [-0.1, -0.05) is 32.9 Å². The molecule has 1 aromatic carbocycles. The van der Waals surface area contributed by atoms with E-state index >= 15 is 0 Å². The van der Waals surface area contributed by atoms with Gasteiger partial charge in [-0.3, -0.25) is 0 Å². The number of anilines is 1. The first-order valence-electron chi connectivity index (χ1n) is 7.74. The summed E-state index contributed by atoms with van der Waals surface area (Å²) < 4.78 is 10.8. The molecule has 0 unspecified atom stereocenters. The smallest absolute Gasteiger partial charge is 0.235 e. The van der Waals surface area contributed by atoms with Crippen molar-refractivity contribution in [3.05, 3.63) is 60.4 Å². The van der Waals surface area contributed by atoms with Crippen LogP contribution in [0.1, 0.15) is 32.2 Å². The molecule has 124 valence electrons. The van der Waals surface area contributed by atoms with E-state index in [1.54, 1.807) is 6.20 Å². The molecule has 0 amide bonds. The Labute approximate surface area is 140 Å². The largest absolute Gasteiger partial charge is 0.439 e. The maximum atomic E-state index is 5.77. The second-order valence-corrected chi connectivity index (χ2v) is 6.45. The summed E-state index contributed by atoms with van der Waals surface area (Å²) in [7, 11) is 0. The van der Waals surface area contributed by atoms with Gasteiger partial charge in [0.1, 0.15) is 5.75 Å². The zero-order valence-electron chi connectivity index (χ0n) is 14.0. The fourth-order valence-electron chi connectivity index (χ4n) is 2.14. The topological polar surface area (TPSA) is 73.1 Å². The number of hydrogen-bond donors (Lipinski definition) is 1. The van der Waals surface area contributed by atoms with Gasteiger partial charge in [-0.2, -0.15) is 0 Å². The molecule has 0 saturated heterocycles. The third-order valence-corrected chi connectivity index (χ3v) is 3.53. The predicted octanol–water partition coefficient (Wildman–Crippen LogP) is 4.17. The highest BCUT2D eigenvalue weighted by Gasteiger charge is 2.13. The van der Waals surface area contributed by atoms with Crippen molar-refractivity contribution in [3.63, 3.8) is 0 Å². The van der Waals surface area contributed by atoms with E-state index in [2.05, 4.69) is 53.4 Å². The molecule has 3 aromatic rings. The normalized spacial score (nSPS) is 11.3. The number of aromatic nitrogens is 3. The Kier molecular flexibility index (Phi) is 4.46. The minimum absolute atomic E-state index is 0.127. The molecule has 0 bridgehead atoms. The van der Waals surface area contributed by atoms with E-state index in [4.69, 9.17) is 9.15 Å². The van der Waals surface area contributed by atoms with Crippen molar-refractivity contribution in [2.75, 3.05) is 5.32 Å². The second-order valence-electron chi connectivity index (χ2n) is 6.45. The molecule has 6 heteroatoms. The Balaban J connectivity index is 1.59. The Bertz CT molecular complexity index is 760. The molecular formula is C18H20N4O2. The molecule has 0 aliphatic heterocycles. The minimum Gasteiger partial charge on any atom is -0.439 e. The third kappa shape index (κ3) is 4.10. The minimum atomic E-state index is 0.127. The molecule has 1 N–H and O–H groups in total. The van der Waals surface area contributed by atoms with Gasteiger partial charge in [0, 0.05) is 6.07 Å². The number of ether oxygens (including phenoxy) is 1. The number of hydrogen-bond acceptors (Lipinski definition) is 6. The van der Waals surface area contributed by atoms with Crippen molar-refractivity contribution in [2.45, 2.75) is 32.7 Å². The van der Waals surface area contributed by atoms with Gasteiger partial charge < -0.3 is 14.5 Å². The fraction of sp³-hybridized carbons (Fsp3) is 0.278. The number of nitrogens with zero attached hydrogens (tertiary/aromatic N) is 3. The van der Waals surface area contributed by atoms with E-state index in [1.165, 1.54) is 12.0 Å². The van der Waals surface area contributed by atoms with Crippen molar-refractivity contribution in [3.8, 4) is 11.6 Å². The lowest BCUT2D eigenvalue weighted by atomic mass is 9.87. The van der Waals surface area contributed by atoms with Crippen LogP contribution < -0.4 is 10.1 Å². The average Bonchev–Trinajstić information content (AvgIpc) is 3.07. The van der Waals surface area contributed by atoms with Crippen LogP contribution in [0.15, 0.2) is 53.4 Å². The monoisotopic (exact) mass is 324 g/mol. The number of pyridine rings is 1. The number of nitrogens with one attached hydrogen (secondary N) is 1. The van der Waals surface area contributed by atoms with Gasteiger partial charge >= 0.3 is 0 Å². The lowest BCUT2D eigenvalue weighted by Gasteiger charge is -2.19. The van der Waals surface area contributed by atoms with E-state index in [1.807, 2.05) is 24.3 Å². The van der Waals surface area contributed by atoms with Gasteiger partial charge in [0.15, 0.2) is 0 Å². The van der Waals surface area contributed by atoms with E-state index in [-0.39, 0.29) is 5.41 Å². The van der Waals surface area contributed by atoms with Crippen LogP contribution in [0.2, 0.25) is 0 Å². The standard InChI is InChI=1S/C18H20N4O2/c1-18(2,3)13-4-7-15(8-5-13)24-16-9-6-14(10-20-16)19-11-17-22-21-12-23-17/h4-10,12,19H,11H2,1-3H3. The Morgan fingerprint density at radius 3 is 2.46 bits per heavy atom. The molecule has 0 radical (unpaired) electrons. The molecule has 0 saturated carbocycles. The maximum absolute atomic E-state index is 5.77. The van der Waals surface area contributed by atoms with Crippen LogP contribution in [0.25, 0.3) is 0 Å². The van der Waals surface area contributed by atoms with Gasteiger partial charge in [-0.25, -0.2) is 4.98 Å². The van der Waals surface area contributed by atoms with Gasteiger partial charge in [-0.05, 0) is 29.2 Å². The molecule has 24 heavy (non-hydrogen) atoms. The molecule has 2 heterocycles. The molecule has 2 aromatic heterocycles. The summed E-state index contributed by atoms with van der Waals surface area (Å²) in [6.07, 6.45) is 3.01. The van der Waals surface area contributed by atoms with Crippen molar-refractivity contribution in [1.29, 1.82) is 0 Å². The van der Waals surface area contributed by atoms with Gasteiger partial charge in [0.25, 0.3) is 0 Å². The summed E-state index contributed by atoms with van der Waals surface area (Å²) in [4.78, 5) is 4.29. The molecule has 0 aliphatic carbocycles. The van der Waals surface area contributed by atoms with Crippen molar-refractivity contribution in [2.24, 2.45) is 0 Å². The molecular weight excluding hydrogens is 304 g/mol. The Morgan fingerprint density at radius 2 is 1.88 bits per heavy atom. The molecule has 6 nitrogen and oxygen atoms in total. The summed E-state index contributed by atoms with van der Waals surface area (Å²) in [5, 5.41) is 10.6. The molecule has 0 atom stereocenters. The summed E-state index contributed by atoms with van der Waals surface area (Å²) in [5.74, 6) is 1.83. The fourth-order valence-corrected chi connectivity index (χ4v) is 2.14. The van der Waals surface area contributed by atoms with Crippen LogP contribution in [0.3, 0.4) is 0 Å². The van der Waals surface area contributed by atoms with E-state index in [0.29, 0.717) is 18.3 Å². The number of benzene rings is 1. The van der Waals surface area contributed by atoms with E-state index in [0.717, 1.165) is 11.4 Å². The quantitative estimate of drug-likeness (QED) is 0.759. The Morgan fingerprint density at radius 1 is 1.08 bits per heavy atom. The Hall–Kier alpha value is -2.89. The molecule has 0 spiro atoms. The highest BCUT2D eigenvalue weighted by molar-refractivity contribution is 5.42. The summed E-state index contributed by atoms with van der Waals surface area (Å²) in [6.45, 7) is 7.01. The van der Waals surface area contributed by atoms with Gasteiger partial charge in [0.2, 0.25) is 18.2 Å². The second kappa shape index (κ2) is 6.70. The molecule has 3 rings (SSSR count). The lowest BCUT2D eigenvalue weighted by Crippen LogP contribution is -2.10. The number of rotatable bonds is 5. The van der Waals surface area contributed by atoms with Crippen LogP contribution in [-0.2, 0) is 12.0 Å². The SMILES string of the molecule is CC(C)(C)c1ccc(Oc2ccc(NCc3nnco3)cn2)cc1. The van der Waals surface area contributed by atoms with E-state index < -0.39 is 0 Å². The van der Waals surface area contributed by atoms with Crippen LogP contribution in [0, 0.1) is 0 Å². The van der Waals surface area contributed by atoms with Gasteiger partial charge in [-0.15, -0.1) is 10.2 Å². The first-order valence-corrected chi connectivity index (χ1v) is 7.74. The summed E-state index contributed by atoms with van der Waals surface area (Å²) >= 11 is 0. The van der Waals surface area contributed by atoms with E-state index in [9.17, 15) is 0 Å². The zero-order valence-corrected chi connectivity index (χ0v) is 14.0. The van der Waals surface area contributed by atoms with Crippen molar-refractivity contribution in [1.82, 2.24) is 15.2 Å². The van der Waals surface area contributed by atoms with Crippen molar-refractivity contribution < 1.29 is 9.15 Å². The summed E-state index contributed by atoms with van der Waals surface area (Å²) in [6, 6.07) is 11.8. The van der Waals surface area contributed by atoms with Crippen LogP contribution >= 0.6 is 0 Å². The summed E-state index contributed by atoms with van der Waals surface area (Å²) in [5.41, 5.74) is 2.25. The van der Waals surface area contributed by atoms with Crippen LogP contribution in [0.5, 0.6) is 11.6 Å². The third-order valence-electron chi connectivity index (χ3n) is 3.53. The lowest BCUT2D eigenvalue weighted by molar-refractivity contribution is 0.462. The first kappa shape index (κ1) is 16.0. The van der Waals surface area contributed by atoms with Crippen molar-refractivity contribution >= 4 is 5.69 Å². The molecule has 0 aliphatic rings. The molecule has 0 fully saturated rings. The van der Waals surface area contributed by atoms with Crippen LogP contribution in [-0.4, -0.2) is 15.2 Å². The highest BCUT2D eigenvalue weighted by atomic mass is 16.5. The average molecular weight is 324 g/mol. The van der Waals surface area contributed by atoms with Gasteiger partial charge in [0.05, 0.1) is 18.4 Å². The van der Waals surface area contributed by atoms with Crippen LogP contribution in [0.4, 0.5) is 5.69 Å². The zero-order chi connectivity index (χ0) is 17.0. The first-order chi connectivity index (χ1) is 11.5. The highest BCUT2D eigenvalue weighted by Crippen LogP contribution is 2.26. The maximum Gasteiger partial charge on any atom is 0.235 e. The predicted molar refractivity (Wildman–Crippen MR) is 91.1 cm³/mol.